The molecule has 0 amide bonds. The second-order valence-corrected chi connectivity index (χ2v) is 7.50. The van der Waals surface area contributed by atoms with Gasteiger partial charge in [0.1, 0.15) is 6.54 Å². The first-order chi connectivity index (χ1) is 13.8. The van der Waals surface area contributed by atoms with Crippen molar-refractivity contribution in [1.29, 1.82) is 0 Å². The van der Waals surface area contributed by atoms with E-state index in [1.807, 2.05) is 36.4 Å². The Bertz CT molecular complexity index is 977. The van der Waals surface area contributed by atoms with Gasteiger partial charge in [0.15, 0.2) is 12.4 Å². The number of pyridine rings is 4. The maximum Gasteiger partial charge on any atom is 0.169 e. The SMILES string of the molecule is ICCC[n+]1ccc(-c2cc(-c3ccccn3)nc(-c3ccccn3)c2)cc1. The zero-order valence-electron chi connectivity index (χ0n) is 15.4. The van der Waals surface area contributed by atoms with E-state index in [4.69, 9.17) is 4.98 Å². The molecule has 0 aliphatic rings. The average molecular weight is 479 g/mol. The molecule has 0 aliphatic heterocycles. The predicted octanol–water partition coefficient (Wildman–Crippen LogP) is 4.99. The van der Waals surface area contributed by atoms with Gasteiger partial charge in [0.05, 0.1) is 22.8 Å². The Labute approximate surface area is 178 Å². The molecule has 4 aromatic rings. The van der Waals surface area contributed by atoms with Crippen LogP contribution in [0.1, 0.15) is 6.42 Å². The normalized spacial score (nSPS) is 10.8. The first kappa shape index (κ1) is 18.7. The molecule has 0 saturated carbocycles. The van der Waals surface area contributed by atoms with Crippen LogP contribution in [0.25, 0.3) is 33.9 Å². The van der Waals surface area contributed by atoms with E-state index in [2.05, 4.69) is 73.8 Å². The highest BCUT2D eigenvalue weighted by molar-refractivity contribution is 14.1. The molecule has 0 aliphatic carbocycles. The summed E-state index contributed by atoms with van der Waals surface area (Å²) >= 11 is 2.42. The molecule has 0 aromatic carbocycles. The molecule has 0 fully saturated rings. The lowest BCUT2D eigenvalue weighted by molar-refractivity contribution is -0.696. The summed E-state index contributed by atoms with van der Waals surface area (Å²) in [5.74, 6) is 0. The highest BCUT2D eigenvalue weighted by atomic mass is 127. The Morgan fingerprint density at radius 2 is 1.32 bits per heavy atom. The van der Waals surface area contributed by atoms with E-state index in [1.54, 1.807) is 12.4 Å². The third-order valence-corrected chi connectivity index (χ3v) is 5.22. The van der Waals surface area contributed by atoms with Gasteiger partial charge in [0.2, 0.25) is 0 Å². The molecule has 0 bridgehead atoms. The van der Waals surface area contributed by atoms with Crippen molar-refractivity contribution in [3.63, 3.8) is 0 Å². The van der Waals surface area contributed by atoms with E-state index in [-0.39, 0.29) is 0 Å². The average Bonchev–Trinajstić information content (AvgIpc) is 2.79. The van der Waals surface area contributed by atoms with Gasteiger partial charge in [0, 0.05) is 35.4 Å². The van der Waals surface area contributed by atoms with Crippen LogP contribution in [0, 0.1) is 0 Å². The molecule has 5 heteroatoms. The van der Waals surface area contributed by atoms with E-state index in [0.717, 1.165) is 44.9 Å². The van der Waals surface area contributed by atoms with Crippen LogP contribution in [0.5, 0.6) is 0 Å². The number of hydrogen-bond donors (Lipinski definition) is 0. The smallest absolute Gasteiger partial charge is 0.169 e. The zero-order valence-corrected chi connectivity index (χ0v) is 17.5. The molecule has 4 rings (SSSR count). The van der Waals surface area contributed by atoms with Gasteiger partial charge in [-0.25, -0.2) is 9.55 Å². The minimum absolute atomic E-state index is 0.848. The van der Waals surface area contributed by atoms with Crippen molar-refractivity contribution >= 4 is 22.6 Å². The standard InChI is InChI=1S/C23H20IN4/c24-10-5-13-28-14-8-18(9-15-28)19-16-22(20-6-1-3-11-25-20)27-23(17-19)21-7-2-4-12-26-21/h1-4,6-9,11-12,14-17H,5,10,13H2/q+1. The van der Waals surface area contributed by atoms with Gasteiger partial charge < -0.3 is 0 Å². The second-order valence-electron chi connectivity index (χ2n) is 6.42. The maximum atomic E-state index is 4.83. The molecule has 4 heterocycles. The number of aryl methyl sites for hydroxylation is 1. The number of nitrogens with zero attached hydrogens (tertiary/aromatic N) is 4. The summed E-state index contributed by atoms with van der Waals surface area (Å²) in [4.78, 5) is 13.8. The molecule has 28 heavy (non-hydrogen) atoms. The highest BCUT2D eigenvalue weighted by Crippen LogP contribution is 2.28. The van der Waals surface area contributed by atoms with E-state index in [1.165, 1.54) is 6.42 Å². The molecule has 0 spiro atoms. The summed E-state index contributed by atoms with van der Waals surface area (Å²) in [6.45, 7) is 1.04. The number of hydrogen-bond acceptors (Lipinski definition) is 3. The van der Waals surface area contributed by atoms with E-state index >= 15 is 0 Å². The van der Waals surface area contributed by atoms with Gasteiger partial charge in [0.25, 0.3) is 0 Å². The van der Waals surface area contributed by atoms with Crippen molar-refractivity contribution in [3.8, 4) is 33.9 Å². The summed E-state index contributed by atoms with van der Waals surface area (Å²) in [6, 6.07) is 20.3. The Hall–Kier alpha value is -2.67. The van der Waals surface area contributed by atoms with E-state index in [0.29, 0.717) is 0 Å². The lowest BCUT2D eigenvalue weighted by atomic mass is 10.0. The zero-order chi connectivity index (χ0) is 19.2. The molecule has 0 unspecified atom stereocenters. The lowest BCUT2D eigenvalue weighted by Gasteiger charge is -2.09. The van der Waals surface area contributed by atoms with Gasteiger partial charge in [-0.05, 0) is 47.5 Å². The van der Waals surface area contributed by atoms with Crippen molar-refractivity contribution in [2.75, 3.05) is 4.43 Å². The molecule has 0 atom stereocenters. The molecule has 0 N–H and O–H groups in total. The third-order valence-electron chi connectivity index (χ3n) is 4.45. The summed E-state index contributed by atoms with van der Waals surface area (Å²) in [5, 5.41) is 0. The van der Waals surface area contributed by atoms with Crippen LogP contribution in [0.2, 0.25) is 0 Å². The summed E-state index contributed by atoms with van der Waals surface area (Å²) in [7, 11) is 0. The Kier molecular flexibility index (Phi) is 6.01. The van der Waals surface area contributed by atoms with Gasteiger partial charge in [-0.3, -0.25) is 9.97 Å². The van der Waals surface area contributed by atoms with Crippen LogP contribution in [0.15, 0.2) is 85.5 Å². The molecule has 138 valence electrons. The number of aromatic nitrogens is 4. The van der Waals surface area contributed by atoms with Crippen LogP contribution in [-0.2, 0) is 6.54 Å². The largest absolute Gasteiger partial charge is 0.255 e. The fourth-order valence-corrected chi connectivity index (χ4v) is 3.37. The van der Waals surface area contributed by atoms with Crippen molar-refractivity contribution < 1.29 is 4.57 Å². The molecular weight excluding hydrogens is 459 g/mol. The Balaban J connectivity index is 1.78. The van der Waals surface area contributed by atoms with Gasteiger partial charge >= 0.3 is 0 Å². The second kappa shape index (κ2) is 9.01. The monoisotopic (exact) mass is 479 g/mol. The third kappa shape index (κ3) is 4.42. The van der Waals surface area contributed by atoms with Crippen LogP contribution < -0.4 is 4.57 Å². The van der Waals surface area contributed by atoms with Crippen LogP contribution in [0.3, 0.4) is 0 Å². The van der Waals surface area contributed by atoms with Crippen LogP contribution in [-0.4, -0.2) is 19.4 Å². The van der Waals surface area contributed by atoms with E-state index in [9.17, 15) is 0 Å². The lowest BCUT2D eigenvalue weighted by Crippen LogP contribution is -2.32. The number of alkyl halides is 1. The van der Waals surface area contributed by atoms with Crippen molar-refractivity contribution in [2.45, 2.75) is 13.0 Å². The minimum Gasteiger partial charge on any atom is -0.255 e. The fraction of sp³-hybridized carbons (Fsp3) is 0.130. The van der Waals surface area contributed by atoms with Crippen molar-refractivity contribution in [1.82, 2.24) is 15.0 Å². The van der Waals surface area contributed by atoms with Crippen LogP contribution in [0.4, 0.5) is 0 Å². The molecule has 0 radical (unpaired) electrons. The van der Waals surface area contributed by atoms with E-state index < -0.39 is 0 Å². The van der Waals surface area contributed by atoms with Gasteiger partial charge in [-0.1, -0.05) is 34.7 Å². The summed E-state index contributed by atoms with van der Waals surface area (Å²) < 4.78 is 3.39. The van der Waals surface area contributed by atoms with Crippen molar-refractivity contribution in [2.24, 2.45) is 0 Å². The summed E-state index contributed by atoms with van der Waals surface area (Å²) in [6.07, 6.45) is 9.05. The Morgan fingerprint density at radius 3 is 1.82 bits per heavy atom. The van der Waals surface area contributed by atoms with Gasteiger partial charge in [-0.2, -0.15) is 0 Å². The molecule has 4 aromatic heterocycles. The fourth-order valence-electron chi connectivity index (χ4n) is 3.03. The number of rotatable bonds is 6. The highest BCUT2D eigenvalue weighted by Gasteiger charge is 2.11. The first-order valence-corrected chi connectivity index (χ1v) is 10.8. The van der Waals surface area contributed by atoms with Gasteiger partial charge in [-0.15, -0.1) is 0 Å². The Morgan fingerprint density at radius 1 is 0.714 bits per heavy atom. The summed E-state index contributed by atoms with van der Waals surface area (Å²) in [5.41, 5.74) is 5.67. The topological polar surface area (TPSA) is 42.5 Å². The van der Waals surface area contributed by atoms with Crippen LogP contribution >= 0.6 is 22.6 Å². The van der Waals surface area contributed by atoms with Crippen molar-refractivity contribution in [3.05, 3.63) is 85.5 Å². The first-order valence-electron chi connectivity index (χ1n) is 9.24. The quantitative estimate of drug-likeness (QED) is 0.223. The predicted molar refractivity (Wildman–Crippen MR) is 120 cm³/mol. The molecular formula is C23H20IN4+. The molecule has 4 nitrogen and oxygen atoms in total. The number of halogens is 1. The maximum absolute atomic E-state index is 4.83. The molecule has 0 saturated heterocycles. The minimum atomic E-state index is 0.848.